The van der Waals surface area contributed by atoms with E-state index in [9.17, 15) is 5.11 Å². The van der Waals surface area contributed by atoms with Crippen molar-refractivity contribution in [1.29, 1.82) is 5.26 Å². The number of anilines is 1. The van der Waals surface area contributed by atoms with Crippen LogP contribution in [0, 0.1) is 11.3 Å². The average molecular weight is 270 g/mol. The second kappa shape index (κ2) is 12.5. The maximum absolute atomic E-state index is 9.22. The highest BCUT2D eigenvalue weighted by atomic mass is 16.5. The Morgan fingerprint density at radius 3 is 2.21 bits per heavy atom. The first kappa shape index (κ1) is 19.4. The molecule has 0 saturated heterocycles. The van der Waals surface area contributed by atoms with Crippen LogP contribution in [0.15, 0.2) is 12.1 Å². The molecule has 0 heterocycles. The van der Waals surface area contributed by atoms with Gasteiger partial charge in [0.2, 0.25) is 0 Å². The highest BCUT2D eigenvalue weighted by Crippen LogP contribution is 2.30. The number of hydrogen-bond acceptors (Lipinski definition) is 6. The summed E-state index contributed by atoms with van der Waals surface area (Å²) < 4.78 is 9.23. The highest BCUT2D eigenvalue weighted by Gasteiger charge is 2.05. The fourth-order valence-corrected chi connectivity index (χ4v) is 0.936. The summed E-state index contributed by atoms with van der Waals surface area (Å²) in [6.07, 6.45) is 0. The van der Waals surface area contributed by atoms with Crippen molar-refractivity contribution in [2.75, 3.05) is 33.2 Å². The van der Waals surface area contributed by atoms with Gasteiger partial charge in [-0.05, 0) is 0 Å². The van der Waals surface area contributed by atoms with E-state index in [-0.39, 0.29) is 23.7 Å². The molecule has 0 fully saturated rings. The van der Waals surface area contributed by atoms with E-state index in [1.165, 1.54) is 19.2 Å². The normalized spacial score (nSPS) is 8.21. The van der Waals surface area contributed by atoms with Gasteiger partial charge in [0.25, 0.3) is 0 Å². The minimum absolute atomic E-state index is 0.0803. The molecule has 0 aliphatic carbocycles. The Morgan fingerprint density at radius 1 is 1.32 bits per heavy atom. The van der Waals surface area contributed by atoms with Gasteiger partial charge in [-0.2, -0.15) is 5.26 Å². The van der Waals surface area contributed by atoms with Crippen molar-refractivity contribution in [2.45, 2.75) is 13.8 Å². The summed E-state index contributed by atoms with van der Waals surface area (Å²) in [6, 6.07) is 4.53. The van der Waals surface area contributed by atoms with Gasteiger partial charge < -0.3 is 25.4 Å². The van der Waals surface area contributed by atoms with Gasteiger partial charge in [0.15, 0.2) is 11.5 Å². The molecule has 4 N–H and O–H groups in total. The molecule has 1 aromatic carbocycles. The summed E-state index contributed by atoms with van der Waals surface area (Å²) >= 11 is 0. The third-order valence-corrected chi connectivity index (χ3v) is 1.77. The molecule has 0 aliphatic heterocycles. The predicted octanol–water partition coefficient (Wildman–Crippen LogP) is 1.51. The maximum Gasteiger partial charge on any atom is 0.162 e. The third-order valence-electron chi connectivity index (χ3n) is 1.77. The molecular weight excluding hydrogens is 248 g/mol. The van der Waals surface area contributed by atoms with Crippen LogP contribution in [0.2, 0.25) is 0 Å². The summed E-state index contributed by atoms with van der Waals surface area (Å²) in [5, 5.41) is 25.7. The van der Waals surface area contributed by atoms with E-state index in [0.717, 1.165) is 0 Å². The van der Waals surface area contributed by atoms with Gasteiger partial charge in [0.05, 0.1) is 31.6 Å². The molecule has 0 aliphatic rings. The van der Waals surface area contributed by atoms with Crippen LogP contribution in [0.4, 0.5) is 5.69 Å². The molecule has 0 spiro atoms. The minimum atomic E-state index is -0.0803. The summed E-state index contributed by atoms with van der Waals surface area (Å²) in [7, 11) is 2.97. The van der Waals surface area contributed by atoms with Crippen LogP contribution in [0.3, 0.4) is 0 Å². The first-order valence-corrected chi connectivity index (χ1v) is 5.77. The second-order valence-electron chi connectivity index (χ2n) is 2.94. The van der Waals surface area contributed by atoms with Crippen molar-refractivity contribution < 1.29 is 19.7 Å². The number of nitrogens with two attached hydrogens (primary N) is 1. The fourth-order valence-electron chi connectivity index (χ4n) is 0.936. The number of benzene rings is 1. The SMILES string of the molecule is CC.COCCO.COc1cc(N)c(C#N)cc1O. The van der Waals surface area contributed by atoms with Crippen molar-refractivity contribution in [3.05, 3.63) is 17.7 Å². The molecule has 1 rings (SSSR count). The number of aromatic hydroxyl groups is 1. The molecule has 19 heavy (non-hydrogen) atoms. The number of hydrogen-bond donors (Lipinski definition) is 3. The van der Waals surface area contributed by atoms with Gasteiger partial charge in [-0.25, -0.2) is 0 Å². The number of nitrogen functional groups attached to an aromatic ring is 1. The standard InChI is InChI=1S/C8H8N2O2.C3H8O2.C2H6/c1-12-8-3-6(10)5(4-9)2-7(8)11;1-5-3-2-4;1-2/h2-3,11H,10H2,1H3;4H,2-3H2,1H3;1-2H3. The van der Waals surface area contributed by atoms with Crippen LogP contribution in [0.5, 0.6) is 11.5 Å². The van der Waals surface area contributed by atoms with Crippen LogP contribution in [0.1, 0.15) is 19.4 Å². The summed E-state index contributed by atoms with van der Waals surface area (Å²) in [5.41, 5.74) is 6.00. The lowest BCUT2D eigenvalue weighted by atomic mass is 10.2. The number of nitrogens with zero attached hydrogens (tertiary/aromatic N) is 1. The lowest BCUT2D eigenvalue weighted by Crippen LogP contribution is -1.92. The van der Waals surface area contributed by atoms with Gasteiger partial charge in [-0.15, -0.1) is 0 Å². The molecule has 108 valence electrons. The Labute approximate surface area is 114 Å². The first-order chi connectivity index (χ1) is 9.10. The van der Waals surface area contributed by atoms with Crippen molar-refractivity contribution >= 4 is 5.69 Å². The number of phenols is 1. The quantitative estimate of drug-likeness (QED) is 0.567. The molecule has 0 bridgehead atoms. The van der Waals surface area contributed by atoms with Crippen molar-refractivity contribution in [1.82, 2.24) is 0 Å². The topological polar surface area (TPSA) is 109 Å². The molecule has 0 unspecified atom stereocenters. The number of nitriles is 1. The van der Waals surface area contributed by atoms with Crippen molar-refractivity contribution in [2.24, 2.45) is 0 Å². The predicted molar refractivity (Wildman–Crippen MR) is 74.1 cm³/mol. The van der Waals surface area contributed by atoms with Crippen LogP contribution in [-0.2, 0) is 4.74 Å². The van der Waals surface area contributed by atoms with Gasteiger partial charge in [-0.1, -0.05) is 13.8 Å². The Morgan fingerprint density at radius 2 is 1.89 bits per heavy atom. The van der Waals surface area contributed by atoms with E-state index in [2.05, 4.69) is 4.74 Å². The number of ether oxygens (including phenoxy) is 2. The Hall–Kier alpha value is -1.97. The zero-order chi connectivity index (χ0) is 15.3. The first-order valence-electron chi connectivity index (χ1n) is 5.77. The van der Waals surface area contributed by atoms with Crippen molar-refractivity contribution in [3.63, 3.8) is 0 Å². The largest absolute Gasteiger partial charge is 0.504 e. The van der Waals surface area contributed by atoms with Crippen LogP contribution < -0.4 is 10.5 Å². The fraction of sp³-hybridized carbons (Fsp3) is 0.462. The zero-order valence-corrected chi connectivity index (χ0v) is 11.8. The number of methoxy groups -OCH3 is 2. The van der Waals surface area contributed by atoms with E-state index in [1.807, 2.05) is 19.9 Å². The van der Waals surface area contributed by atoms with Crippen LogP contribution >= 0.6 is 0 Å². The second-order valence-corrected chi connectivity index (χ2v) is 2.94. The van der Waals surface area contributed by atoms with Crippen molar-refractivity contribution in [3.8, 4) is 17.6 Å². The number of aliphatic hydroxyl groups is 1. The summed E-state index contributed by atoms with van der Waals surface area (Å²) in [6.45, 7) is 4.57. The third kappa shape index (κ3) is 7.86. The van der Waals surface area contributed by atoms with Crippen LogP contribution in [-0.4, -0.2) is 37.6 Å². The molecule has 0 radical (unpaired) electrons. The van der Waals surface area contributed by atoms with E-state index in [1.54, 1.807) is 7.11 Å². The van der Waals surface area contributed by atoms with E-state index in [4.69, 9.17) is 20.8 Å². The molecule has 6 nitrogen and oxygen atoms in total. The van der Waals surface area contributed by atoms with E-state index < -0.39 is 0 Å². The Bertz CT molecular complexity index is 386. The molecular formula is C13H22N2O4. The lowest BCUT2D eigenvalue weighted by Gasteiger charge is -2.04. The smallest absolute Gasteiger partial charge is 0.162 e. The lowest BCUT2D eigenvalue weighted by molar-refractivity contribution is 0.135. The molecule has 0 saturated carbocycles. The Kier molecular flexibility index (Phi) is 12.7. The van der Waals surface area contributed by atoms with Gasteiger partial charge in [0.1, 0.15) is 6.07 Å². The summed E-state index contributed by atoms with van der Waals surface area (Å²) in [4.78, 5) is 0. The van der Waals surface area contributed by atoms with Gasteiger partial charge in [0, 0.05) is 19.2 Å². The monoisotopic (exact) mass is 270 g/mol. The molecule has 0 amide bonds. The number of phenolic OH excluding ortho intramolecular Hbond substituents is 1. The highest BCUT2D eigenvalue weighted by molar-refractivity contribution is 5.61. The summed E-state index contributed by atoms with van der Waals surface area (Å²) in [5.74, 6) is 0.190. The molecule has 6 heteroatoms. The zero-order valence-electron chi connectivity index (χ0n) is 11.8. The number of rotatable bonds is 3. The minimum Gasteiger partial charge on any atom is -0.504 e. The van der Waals surface area contributed by atoms with E-state index in [0.29, 0.717) is 12.3 Å². The maximum atomic E-state index is 9.22. The molecule has 1 aromatic rings. The van der Waals surface area contributed by atoms with Crippen LogP contribution in [0.25, 0.3) is 0 Å². The van der Waals surface area contributed by atoms with Gasteiger partial charge >= 0.3 is 0 Å². The van der Waals surface area contributed by atoms with E-state index >= 15 is 0 Å². The average Bonchev–Trinajstić information content (AvgIpc) is 2.44. The molecule has 0 aromatic heterocycles. The molecule has 0 atom stereocenters. The van der Waals surface area contributed by atoms with Gasteiger partial charge in [-0.3, -0.25) is 0 Å². The number of aliphatic hydroxyl groups excluding tert-OH is 1. The Balaban J connectivity index is 0.